The molecule has 27 heavy (non-hydrogen) atoms. The third kappa shape index (κ3) is 4.82. The number of ether oxygens (including phenoxy) is 1. The molecule has 0 aliphatic carbocycles. The molecule has 0 saturated heterocycles. The molecule has 1 heterocycles. The maximum atomic E-state index is 12.6. The van der Waals surface area contributed by atoms with Gasteiger partial charge in [0.2, 0.25) is 0 Å². The van der Waals surface area contributed by atoms with Crippen LogP contribution in [-0.4, -0.2) is 23.0 Å². The first-order valence-corrected chi connectivity index (χ1v) is 8.64. The lowest BCUT2D eigenvalue weighted by Gasteiger charge is -2.11. The highest BCUT2D eigenvalue weighted by Crippen LogP contribution is 2.19. The Morgan fingerprint density at radius 2 is 1.85 bits per heavy atom. The van der Waals surface area contributed by atoms with Crippen LogP contribution in [0.1, 0.15) is 27.4 Å². The van der Waals surface area contributed by atoms with E-state index in [-0.39, 0.29) is 5.91 Å². The van der Waals surface area contributed by atoms with Crippen LogP contribution in [-0.2, 0) is 6.54 Å². The first-order chi connectivity index (χ1) is 13.0. The van der Waals surface area contributed by atoms with Gasteiger partial charge in [-0.3, -0.25) is 4.79 Å². The minimum atomic E-state index is -0.272. The fourth-order valence-corrected chi connectivity index (χ4v) is 2.73. The first-order valence-electron chi connectivity index (χ1n) is 8.64. The summed E-state index contributed by atoms with van der Waals surface area (Å²) in [5, 5.41) is 6.10. The van der Waals surface area contributed by atoms with E-state index in [1.807, 2.05) is 55.5 Å². The molecular formula is C21H22N4O2. The Balaban J connectivity index is 1.74. The van der Waals surface area contributed by atoms with E-state index >= 15 is 0 Å². The Labute approximate surface area is 158 Å². The van der Waals surface area contributed by atoms with Crippen molar-refractivity contribution in [2.75, 3.05) is 17.7 Å². The Bertz CT molecular complexity index is 956. The number of aromatic nitrogens is 2. The normalized spacial score (nSPS) is 10.3. The fraction of sp³-hybridized carbons (Fsp3) is 0.190. The summed E-state index contributed by atoms with van der Waals surface area (Å²) < 4.78 is 5.36. The van der Waals surface area contributed by atoms with Crippen molar-refractivity contribution in [2.24, 2.45) is 0 Å². The number of benzene rings is 2. The largest absolute Gasteiger partial charge is 0.496 e. The highest BCUT2D eigenvalue weighted by atomic mass is 16.5. The van der Waals surface area contributed by atoms with E-state index in [1.54, 1.807) is 20.1 Å². The summed E-state index contributed by atoms with van der Waals surface area (Å²) in [5.41, 5.74) is 3.12. The summed E-state index contributed by atoms with van der Waals surface area (Å²) in [5.74, 6) is 1.64. The molecule has 0 aliphatic heterocycles. The van der Waals surface area contributed by atoms with Crippen molar-refractivity contribution in [3.63, 3.8) is 0 Å². The van der Waals surface area contributed by atoms with Gasteiger partial charge in [-0.05, 0) is 37.6 Å². The molecule has 1 amide bonds. The van der Waals surface area contributed by atoms with Gasteiger partial charge in [-0.1, -0.05) is 30.3 Å². The maximum Gasteiger partial charge on any atom is 0.274 e. The number of anilines is 2. The number of para-hydroxylation sites is 1. The lowest BCUT2D eigenvalue weighted by atomic mass is 10.2. The van der Waals surface area contributed by atoms with Gasteiger partial charge in [0.15, 0.2) is 0 Å². The molecule has 6 nitrogen and oxygen atoms in total. The highest BCUT2D eigenvalue weighted by molar-refractivity contribution is 6.03. The molecule has 0 bridgehead atoms. The molecule has 138 valence electrons. The average molecular weight is 362 g/mol. The molecule has 0 aliphatic rings. The quantitative estimate of drug-likeness (QED) is 0.694. The maximum absolute atomic E-state index is 12.6. The summed E-state index contributed by atoms with van der Waals surface area (Å²) in [6, 6.07) is 17.0. The van der Waals surface area contributed by atoms with Gasteiger partial charge in [-0.25, -0.2) is 9.97 Å². The Morgan fingerprint density at radius 1 is 1.04 bits per heavy atom. The van der Waals surface area contributed by atoms with Gasteiger partial charge in [0, 0.05) is 23.9 Å². The number of nitrogens with one attached hydrogen (secondary N) is 2. The van der Waals surface area contributed by atoms with E-state index in [4.69, 9.17) is 4.74 Å². The van der Waals surface area contributed by atoms with Crippen molar-refractivity contribution >= 4 is 17.4 Å². The van der Waals surface area contributed by atoms with E-state index < -0.39 is 0 Å². The van der Waals surface area contributed by atoms with Crippen molar-refractivity contribution in [3.8, 4) is 5.75 Å². The molecule has 6 heteroatoms. The number of methoxy groups -OCH3 is 1. The molecule has 2 aromatic carbocycles. The van der Waals surface area contributed by atoms with E-state index in [0.29, 0.717) is 23.9 Å². The minimum Gasteiger partial charge on any atom is -0.496 e. The van der Waals surface area contributed by atoms with Crippen LogP contribution in [0.2, 0.25) is 0 Å². The van der Waals surface area contributed by atoms with Crippen LogP contribution in [0.4, 0.5) is 11.5 Å². The zero-order valence-corrected chi connectivity index (χ0v) is 15.6. The smallest absolute Gasteiger partial charge is 0.274 e. The van der Waals surface area contributed by atoms with Crippen molar-refractivity contribution in [2.45, 2.75) is 20.4 Å². The standard InChI is InChI=1S/C21H22N4O2/c1-14-7-6-9-17(11-14)25-21(26)18-12-20(24-15(2)23-18)22-13-16-8-4-5-10-19(16)27-3/h4-12H,13H2,1-3H3,(H,25,26)(H,22,23,24). The third-order valence-electron chi connectivity index (χ3n) is 4.00. The molecule has 0 unspecified atom stereocenters. The molecular weight excluding hydrogens is 340 g/mol. The number of carbonyl (C=O) groups excluding carboxylic acids is 1. The summed E-state index contributed by atoms with van der Waals surface area (Å²) in [4.78, 5) is 21.2. The van der Waals surface area contributed by atoms with E-state index in [0.717, 1.165) is 22.6 Å². The molecule has 0 radical (unpaired) electrons. The van der Waals surface area contributed by atoms with Gasteiger partial charge in [0.25, 0.3) is 5.91 Å². The van der Waals surface area contributed by atoms with Crippen molar-refractivity contribution in [1.29, 1.82) is 0 Å². The molecule has 0 fully saturated rings. The van der Waals surface area contributed by atoms with Gasteiger partial charge >= 0.3 is 0 Å². The van der Waals surface area contributed by atoms with Crippen LogP contribution in [0.25, 0.3) is 0 Å². The van der Waals surface area contributed by atoms with Crippen LogP contribution in [0.5, 0.6) is 5.75 Å². The summed E-state index contributed by atoms with van der Waals surface area (Å²) in [6.07, 6.45) is 0. The van der Waals surface area contributed by atoms with Crippen molar-refractivity contribution in [1.82, 2.24) is 9.97 Å². The number of nitrogens with zero attached hydrogens (tertiary/aromatic N) is 2. The topological polar surface area (TPSA) is 76.1 Å². The highest BCUT2D eigenvalue weighted by Gasteiger charge is 2.11. The monoisotopic (exact) mass is 362 g/mol. The fourth-order valence-electron chi connectivity index (χ4n) is 2.73. The summed E-state index contributed by atoms with van der Waals surface area (Å²) in [6.45, 7) is 4.27. The van der Waals surface area contributed by atoms with Gasteiger partial charge in [-0.2, -0.15) is 0 Å². The predicted molar refractivity (Wildman–Crippen MR) is 106 cm³/mol. The second kappa shape index (κ2) is 8.31. The van der Waals surface area contributed by atoms with Crippen molar-refractivity contribution < 1.29 is 9.53 Å². The summed E-state index contributed by atoms with van der Waals surface area (Å²) in [7, 11) is 1.64. The lowest BCUT2D eigenvalue weighted by Crippen LogP contribution is -2.16. The van der Waals surface area contributed by atoms with Gasteiger partial charge in [-0.15, -0.1) is 0 Å². The molecule has 0 atom stereocenters. The number of aryl methyl sites for hydroxylation is 2. The molecule has 3 aromatic rings. The van der Waals surface area contributed by atoms with Crippen LogP contribution in [0, 0.1) is 13.8 Å². The number of hydrogen-bond acceptors (Lipinski definition) is 5. The number of amides is 1. The average Bonchev–Trinajstić information content (AvgIpc) is 2.66. The molecule has 0 spiro atoms. The zero-order chi connectivity index (χ0) is 19.2. The second-order valence-electron chi connectivity index (χ2n) is 6.17. The number of rotatable bonds is 6. The van der Waals surface area contributed by atoms with E-state index in [2.05, 4.69) is 20.6 Å². The molecule has 2 N–H and O–H groups in total. The van der Waals surface area contributed by atoms with Gasteiger partial charge < -0.3 is 15.4 Å². The van der Waals surface area contributed by atoms with Crippen molar-refractivity contribution in [3.05, 3.63) is 77.2 Å². The van der Waals surface area contributed by atoms with Crippen LogP contribution in [0.15, 0.2) is 54.6 Å². The lowest BCUT2D eigenvalue weighted by molar-refractivity contribution is 0.102. The Morgan fingerprint density at radius 3 is 2.63 bits per heavy atom. The SMILES string of the molecule is COc1ccccc1CNc1cc(C(=O)Nc2cccc(C)c2)nc(C)n1. The van der Waals surface area contributed by atoms with Crippen LogP contribution in [0.3, 0.4) is 0 Å². The summed E-state index contributed by atoms with van der Waals surface area (Å²) >= 11 is 0. The third-order valence-corrected chi connectivity index (χ3v) is 4.00. The first kappa shape index (κ1) is 18.4. The van der Waals surface area contributed by atoms with Crippen LogP contribution >= 0.6 is 0 Å². The molecule has 3 rings (SSSR count). The van der Waals surface area contributed by atoms with Gasteiger partial charge in [0.05, 0.1) is 7.11 Å². The molecule has 1 aromatic heterocycles. The zero-order valence-electron chi connectivity index (χ0n) is 15.6. The Hall–Kier alpha value is -3.41. The van der Waals surface area contributed by atoms with Crippen LogP contribution < -0.4 is 15.4 Å². The number of hydrogen-bond donors (Lipinski definition) is 2. The second-order valence-corrected chi connectivity index (χ2v) is 6.17. The predicted octanol–water partition coefficient (Wildman–Crippen LogP) is 3.97. The number of carbonyl (C=O) groups is 1. The van der Waals surface area contributed by atoms with E-state index in [9.17, 15) is 4.79 Å². The minimum absolute atomic E-state index is 0.272. The van der Waals surface area contributed by atoms with Gasteiger partial charge in [0.1, 0.15) is 23.1 Å². The Kier molecular flexibility index (Phi) is 5.66. The molecule has 0 saturated carbocycles. The van der Waals surface area contributed by atoms with E-state index in [1.165, 1.54) is 0 Å².